The molecule has 4 rings (SSSR count). The minimum Gasteiger partial charge on any atom is -0.497 e. The van der Waals surface area contributed by atoms with Gasteiger partial charge in [-0.15, -0.1) is 11.3 Å². The maximum atomic E-state index is 5.21. The van der Waals surface area contributed by atoms with Gasteiger partial charge in [0, 0.05) is 17.4 Å². The number of thiazole rings is 1. The van der Waals surface area contributed by atoms with Crippen molar-refractivity contribution in [1.82, 2.24) is 4.98 Å². The summed E-state index contributed by atoms with van der Waals surface area (Å²) in [6.45, 7) is 0. The fraction of sp³-hybridized carbons (Fsp3) is 0.286. The zero-order valence-electron chi connectivity index (χ0n) is 13.9. The van der Waals surface area contributed by atoms with Gasteiger partial charge < -0.3 is 4.74 Å². The number of aromatic nitrogens is 1. The highest BCUT2D eigenvalue weighted by molar-refractivity contribution is 7.10. The predicted octanol–water partition coefficient (Wildman–Crippen LogP) is 5.29. The van der Waals surface area contributed by atoms with E-state index < -0.39 is 0 Å². The predicted molar refractivity (Wildman–Crippen MR) is 100.0 cm³/mol. The molecule has 0 unspecified atom stereocenters. The molecule has 1 aliphatic rings. The first-order valence-corrected chi connectivity index (χ1v) is 9.39. The van der Waals surface area contributed by atoms with Gasteiger partial charge in [0.1, 0.15) is 5.75 Å². The highest BCUT2D eigenvalue weighted by Crippen LogP contribution is 2.29. The van der Waals surface area contributed by atoms with E-state index in [1.54, 1.807) is 18.4 Å². The normalized spacial score (nSPS) is 13.5. The topological polar surface area (TPSA) is 22.1 Å². The van der Waals surface area contributed by atoms with Crippen molar-refractivity contribution in [3.8, 4) is 17.0 Å². The van der Waals surface area contributed by atoms with E-state index in [4.69, 9.17) is 9.72 Å². The first-order chi connectivity index (χ1) is 11.8. The Morgan fingerprint density at radius 2 is 1.79 bits per heavy atom. The Bertz CT molecular complexity index is 835. The number of hydrogen-bond donors (Lipinski definition) is 0. The second kappa shape index (κ2) is 6.78. The molecule has 1 aromatic heterocycles. The van der Waals surface area contributed by atoms with Crippen molar-refractivity contribution in [2.45, 2.75) is 32.1 Å². The summed E-state index contributed by atoms with van der Waals surface area (Å²) in [5, 5.41) is 3.34. The number of hydrogen-bond acceptors (Lipinski definition) is 3. The molecule has 0 fully saturated rings. The van der Waals surface area contributed by atoms with Gasteiger partial charge in [-0.25, -0.2) is 4.98 Å². The lowest BCUT2D eigenvalue weighted by Gasteiger charge is -2.16. The van der Waals surface area contributed by atoms with Gasteiger partial charge in [0.15, 0.2) is 0 Å². The van der Waals surface area contributed by atoms with Crippen molar-refractivity contribution >= 4 is 11.3 Å². The summed E-state index contributed by atoms with van der Waals surface area (Å²) in [5.41, 5.74) is 6.68. The van der Waals surface area contributed by atoms with Gasteiger partial charge in [0.05, 0.1) is 17.8 Å². The third-order valence-electron chi connectivity index (χ3n) is 4.71. The highest BCUT2D eigenvalue weighted by atomic mass is 32.1. The van der Waals surface area contributed by atoms with Gasteiger partial charge in [0.25, 0.3) is 0 Å². The molecular weight excluding hydrogens is 314 g/mol. The summed E-state index contributed by atoms with van der Waals surface area (Å²) < 4.78 is 5.21. The van der Waals surface area contributed by atoms with Crippen LogP contribution in [0.2, 0.25) is 0 Å². The Morgan fingerprint density at radius 3 is 2.58 bits per heavy atom. The maximum Gasteiger partial charge on any atom is 0.118 e. The lowest BCUT2D eigenvalue weighted by molar-refractivity contribution is 0.414. The molecule has 0 bridgehead atoms. The van der Waals surface area contributed by atoms with Crippen molar-refractivity contribution in [3.63, 3.8) is 0 Å². The van der Waals surface area contributed by atoms with Crippen molar-refractivity contribution < 1.29 is 4.74 Å². The van der Waals surface area contributed by atoms with Gasteiger partial charge >= 0.3 is 0 Å². The summed E-state index contributed by atoms with van der Waals surface area (Å²) in [6.07, 6.45) is 5.96. The van der Waals surface area contributed by atoms with Crippen molar-refractivity contribution in [1.29, 1.82) is 0 Å². The van der Waals surface area contributed by atoms with E-state index in [-0.39, 0.29) is 0 Å². The van der Waals surface area contributed by atoms with Gasteiger partial charge in [-0.2, -0.15) is 0 Å². The van der Waals surface area contributed by atoms with Gasteiger partial charge in [0.2, 0.25) is 0 Å². The fourth-order valence-corrected chi connectivity index (χ4v) is 4.17. The molecule has 0 aliphatic heterocycles. The molecule has 1 heterocycles. The molecule has 0 spiro atoms. The quantitative estimate of drug-likeness (QED) is 0.646. The Morgan fingerprint density at radius 1 is 1.00 bits per heavy atom. The molecular formula is C21H21NOS. The molecule has 0 N–H and O–H groups in total. The molecule has 2 nitrogen and oxygen atoms in total. The highest BCUT2D eigenvalue weighted by Gasteiger charge is 2.12. The minimum atomic E-state index is 0.875. The van der Waals surface area contributed by atoms with Crippen LogP contribution in [0.4, 0.5) is 0 Å². The average Bonchev–Trinajstić information content (AvgIpc) is 3.10. The Hall–Kier alpha value is -2.13. The molecule has 122 valence electrons. The molecule has 3 aromatic rings. The number of nitrogens with zero attached hydrogens (tertiary/aromatic N) is 1. The zero-order chi connectivity index (χ0) is 16.4. The standard InChI is InChI=1S/C21H21NOS/c1-23-19-10-6-15(7-11-19)12-21-22-20(14-24-21)18-9-8-16-4-2-3-5-17(16)13-18/h6-11,13-14H,2-5,12H2,1H3. The zero-order valence-corrected chi connectivity index (χ0v) is 14.7. The number of methoxy groups -OCH3 is 1. The summed E-state index contributed by atoms with van der Waals surface area (Å²) in [6, 6.07) is 15.1. The van der Waals surface area contributed by atoms with Crippen LogP contribution in [-0.2, 0) is 19.3 Å². The smallest absolute Gasteiger partial charge is 0.118 e. The van der Waals surface area contributed by atoms with E-state index in [1.807, 2.05) is 12.1 Å². The molecule has 0 amide bonds. The minimum absolute atomic E-state index is 0.875. The Kier molecular flexibility index (Phi) is 4.35. The van der Waals surface area contributed by atoms with Crippen LogP contribution in [0, 0.1) is 0 Å². The summed E-state index contributed by atoms with van der Waals surface area (Å²) in [5.74, 6) is 0.896. The third kappa shape index (κ3) is 3.22. The second-order valence-corrected chi connectivity index (χ2v) is 7.28. The van der Waals surface area contributed by atoms with Crippen molar-refractivity contribution in [2.24, 2.45) is 0 Å². The Balaban J connectivity index is 1.53. The van der Waals surface area contributed by atoms with E-state index >= 15 is 0 Å². The van der Waals surface area contributed by atoms with E-state index in [9.17, 15) is 0 Å². The first-order valence-electron chi connectivity index (χ1n) is 8.51. The van der Waals surface area contributed by atoms with E-state index in [0.29, 0.717) is 0 Å². The number of fused-ring (bicyclic) bond motifs is 1. The summed E-state index contributed by atoms with van der Waals surface area (Å²) >= 11 is 1.74. The van der Waals surface area contributed by atoms with Crippen molar-refractivity contribution in [3.05, 3.63) is 69.5 Å². The van der Waals surface area contributed by atoms with E-state index in [0.717, 1.165) is 22.9 Å². The average molecular weight is 335 g/mol. The maximum absolute atomic E-state index is 5.21. The third-order valence-corrected chi connectivity index (χ3v) is 5.56. The Labute approximate surface area is 147 Å². The molecule has 3 heteroatoms. The van der Waals surface area contributed by atoms with E-state index in [1.165, 1.54) is 47.9 Å². The number of ether oxygens (including phenoxy) is 1. The van der Waals surface area contributed by atoms with Crippen LogP contribution in [0.3, 0.4) is 0 Å². The summed E-state index contributed by atoms with van der Waals surface area (Å²) in [7, 11) is 1.70. The molecule has 1 aliphatic carbocycles. The molecule has 0 atom stereocenters. The van der Waals surface area contributed by atoms with Gasteiger partial charge in [-0.05, 0) is 60.6 Å². The van der Waals surface area contributed by atoms with Crippen LogP contribution in [0.5, 0.6) is 5.75 Å². The van der Waals surface area contributed by atoms with E-state index in [2.05, 4.69) is 35.7 Å². The number of rotatable bonds is 4. The van der Waals surface area contributed by atoms with Crippen LogP contribution < -0.4 is 4.74 Å². The van der Waals surface area contributed by atoms with Crippen LogP contribution in [0.15, 0.2) is 47.8 Å². The summed E-state index contributed by atoms with van der Waals surface area (Å²) in [4.78, 5) is 4.85. The van der Waals surface area contributed by atoms with Crippen LogP contribution >= 0.6 is 11.3 Å². The van der Waals surface area contributed by atoms with Gasteiger partial charge in [-0.1, -0.05) is 24.3 Å². The van der Waals surface area contributed by atoms with Crippen LogP contribution in [0.25, 0.3) is 11.3 Å². The molecule has 0 radical (unpaired) electrons. The van der Waals surface area contributed by atoms with Crippen molar-refractivity contribution in [2.75, 3.05) is 7.11 Å². The number of benzene rings is 2. The monoisotopic (exact) mass is 335 g/mol. The molecule has 24 heavy (non-hydrogen) atoms. The SMILES string of the molecule is COc1ccc(Cc2nc(-c3ccc4c(c3)CCCC4)cs2)cc1. The lowest BCUT2D eigenvalue weighted by Crippen LogP contribution is -2.02. The molecule has 2 aromatic carbocycles. The van der Waals surface area contributed by atoms with Gasteiger partial charge in [-0.3, -0.25) is 0 Å². The fourth-order valence-electron chi connectivity index (χ4n) is 3.34. The second-order valence-electron chi connectivity index (χ2n) is 6.34. The molecule has 0 saturated heterocycles. The van der Waals surface area contributed by atoms with Crippen LogP contribution in [-0.4, -0.2) is 12.1 Å². The largest absolute Gasteiger partial charge is 0.497 e. The lowest BCUT2D eigenvalue weighted by atomic mass is 9.90. The first kappa shape index (κ1) is 15.4. The number of aryl methyl sites for hydroxylation is 2. The van der Waals surface area contributed by atoms with Crippen LogP contribution in [0.1, 0.15) is 34.5 Å². The molecule has 0 saturated carbocycles.